The van der Waals surface area contributed by atoms with Crippen LogP contribution in [-0.4, -0.2) is 27.2 Å². The van der Waals surface area contributed by atoms with Gasteiger partial charge in [-0.2, -0.15) is 0 Å². The molecule has 0 radical (unpaired) electrons. The molecule has 0 aliphatic carbocycles. The third-order valence-electron chi connectivity index (χ3n) is 1.93. The standard InChI is InChI=1S/C7H6ClNO2S/c8-7(11)4-1-2-12-6-3-5(10)9(4)6/h1,6H,2-3H2. The number of amides is 1. The molecule has 0 spiro atoms. The second-order valence-electron chi connectivity index (χ2n) is 2.62. The van der Waals surface area contributed by atoms with Gasteiger partial charge in [-0.25, -0.2) is 0 Å². The van der Waals surface area contributed by atoms with Gasteiger partial charge in [0.2, 0.25) is 5.91 Å². The molecule has 64 valence electrons. The number of fused-ring (bicyclic) bond motifs is 1. The lowest BCUT2D eigenvalue weighted by atomic mass is 10.1. The summed E-state index contributed by atoms with van der Waals surface area (Å²) in [6.07, 6.45) is 2.24. The molecule has 1 atom stereocenters. The number of nitrogens with zero attached hydrogens (tertiary/aromatic N) is 1. The second-order valence-corrected chi connectivity index (χ2v) is 4.17. The third-order valence-corrected chi connectivity index (χ3v) is 3.25. The highest BCUT2D eigenvalue weighted by Gasteiger charge is 2.42. The summed E-state index contributed by atoms with van der Waals surface area (Å²) in [7, 11) is 0. The van der Waals surface area contributed by atoms with E-state index >= 15 is 0 Å². The molecule has 0 saturated carbocycles. The van der Waals surface area contributed by atoms with Crippen molar-refractivity contribution in [2.24, 2.45) is 0 Å². The molecule has 1 unspecified atom stereocenters. The van der Waals surface area contributed by atoms with Gasteiger partial charge in [-0.1, -0.05) is 0 Å². The Bertz CT molecular complexity index is 289. The van der Waals surface area contributed by atoms with Gasteiger partial charge in [0.25, 0.3) is 5.24 Å². The molecule has 0 aromatic rings. The Kier molecular flexibility index (Phi) is 1.88. The number of carbonyl (C=O) groups excluding carboxylic acids is 2. The van der Waals surface area contributed by atoms with Gasteiger partial charge >= 0.3 is 0 Å². The fraction of sp³-hybridized carbons (Fsp3) is 0.429. The van der Waals surface area contributed by atoms with E-state index in [0.717, 1.165) is 5.75 Å². The van der Waals surface area contributed by atoms with Crippen LogP contribution in [0.5, 0.6) is 0 Å². The molecule has 1 fully saturated rings. The highest BCUT2D eigenvalue weighted by atomic mass is 35.5. The van der Waals surface area contributed by atoms with Crippen molar-refractivity contribution < 1.29 is 9.59 Å². The molecule has 1 saturated heterocycles. The summed E-state index contributed by atoms with van der Waals surface area (Å²) in [4.78, 5) is 23.3. The number of rotatable bonds is 1. The summed E-state index contributed by atoms with van der Waals surface area (Å²) in [6, 6.07) is 0. The van der Waals surface area contributed by atoms with Crippen LogP contribution in [0.3, 0.4) is 0 Å². The quantitative estimate of drug-likeness (QED) is 0.470. The smallest absolute Gasteiger partial charge is 0.268 e. The van der Waals surface area contributed by atoms with Gasteiger partial charge in [-0.05, 0) is 17.7 Å². The van der Waals surface area contributed by atoms with Gasteiger partial charge in [-0.3, -0.25) is 14.5 Å². The van der Waals surface area contributed by atoms with Crippen LogP contribution in [0.2, 0.25) is 0 Å². The molecule has 2 rings (SSSR count). The van der Waals surface area contributed by atoms with Crippen molar-refractivity contribution in [1.29, 1.82) is 0 Å². The van der Waals surface area contributed by atoms with E-state index in [4.69, 9.17) is 11.6 Å². The number of thioether (sulfide) groups is 1. The molecule has 2 aliphatic heterocycles. The van der Waals surface area contributed by atoms with E-state index in [1.165, 1.54) is 4.90 Å². The van der Waals surface area contributed by atoms with Crippen molar-refractivity contribution in [2.45, 2.75) is 11.8 Å². The lowest BCUT2D eigenvalue weighted by Gasteiger charge is -2.42. The maximum absolute atomic E-state index is 11.0. The Labute approximate surface area is 78.7 Å². The van der Waals surface area contributed by atoms with E-state index in [1.807, 2.05) is 0 Å². The first kappa shape index (κ1) is 8.13. The van der Waals surface area contributed by atoms with Crippen LogP contribution in [-0.2, 0) is 9.59 Å². The Hall–Kier alpha value is -0.480. The molecule has 0 aromatic carbocycles. The first-order valence-corrected chi connectivity index (χ1v) is 4.96. The lowest BCUT2D eigenvalue weighted by Crippen LogP contribution is -2.52. The van der Waals surface area contributed by atoms with Gasteiger partial charge in [0, 0.05) is 5.75 Å². The van der Waals surface area contributed by atoms with E-state index in [-0.39, 0.29) is 11.3 Å². The fourth-order valence-electron chi connectivity index (χ4n) is 1.32. The second kappa shape index (κ2) is 2.78. The van der Waals surface area contributed by atoms with E-state index in [0.29, 0.717) is 12.1 Å². The number of hydrogen-bond donors (Lipinski definition) is 0. The minimum Gasteiger partial charge on any atom is -0.295 e. The molecule has 0 N–H and O–H groups in total. The van der Waals surface area contributed by atoms with Gasteiger partial charge < -0.3 is 0 Å². The monoisotopic (exact) mass is 203 g/mol. The molecule has 3 nitrogen and oxygen atoms in total. The Morgan fingerprint density at radius 2 is 2.50 bits per heavy atom. The zero-order valence-electron chi connectivity index (χ0n) is 6.12. The molecule has 0 bridgehead atoms. The Morgan fingerprint density at radius 1 is 1.75 bits per heavy atom. The van der Waals surface area contributed by atoms with Gasteiger partial charge in [-0.15, -0.1) is 11.8 Å². The number of halogens is 1. The normalized spacial score (nSPS) is 27.4. The van der Waals surface area contributed by atoms with Crippen LogP contribution >= 0.6 is 23.4 Å². The first-order chi connectivity index (χ1) is 5.70. The molecule has 12 heavy (non-hydrogen) atoms. The molecule has 2 aliphatic rings. The summed E-state index contributed by atoms with van der Waals surface area (Å²) in [6.45, 7) is 0. The van der Waals surface area contributed by atoms with Crippen LogP contribution in [0.15, 0.2) is 11.8 Å². The van der Waals surface area contributed by atoms with Gasteiger partial charge in [0.05, 0.1) is 11.8 Å². The van der Waals surface area contributed by atoms with Crippen LogP contribution < -0.4 is 0 Å². The van der Waals surface area contributed by atoms with Gasteiger partial charge in [0.15, 0.2) is 0 Å². The summed E-state index contributed by atoms with van der Waals surface area (Å²) < 4.78 is 0. The third kappa shape index (κ3) is 1.06. The van der Waals surface area contributed by atoms with Crippen LogP contribution in [0.1, 0.15) is 6.42 Å². The van der Waals surface area contributed by atoms with Crippen molar-refractivity contribution in [3.05, 3.63) is 11.8 Å². The lowest BCUT2D eigenvalue weighted by molar-refractivity contribution is -0.140. The predicted octanol–water partition coefficient (Wildman–Crippen LogP) is 0.941. The van der Waals surface area contributed by atoms with Crippen LogP contribution in [0.25, 0.3) is 0 Å². The van der Waals surface area contributed by atoms with Crippen molar-refractivity contribution in [3.63, 3.8) is 0 Å². The molecule has 2 heterocycles. The van der Waals surface area contributed by atoms with E-state index < -0.39 is 5.24 Å². The maximum Gasteiger partial charge on any atom is 0.268 e. The number of allylic oxidation sites excluding steroid dienone is 1. The molecule has 0 aromatic heterocycles. The average Bonchev–Trinajstić information content (AvgIpc) is 2.01. The zero-order chi connectivity index (χ0) is 8.72. The van der Waals surface area contributed by atoms with Crippen molar-refractivity contribution in [2.75, 3.05) is 5.75 Å². The van der Waals surface area contributed by atoms with Crippen molar-refractivity contribution >= 4 is 34.5 Å². The van der Waals surface area contributed by atoms with E-state index in [1.54, 1.807) is 17.8 Å². The number of β-lactam (4-membered cyclic amide) rings is 1. The van der Waals surface area contributed by atoms with Crippen molar-refractivity contribution in [1.82, 2.24) is 4.90 Å². The van der Waals surface area contributed by atoms with E-state index in [2.05, 4.69) is 0 Å². The number of carbonyl (C=O) groups is 2. The Morgan fingerprint density at radius 3 is 3.00 bits per heavy atom. The largest absolute Gasteiger partial charge is 0.295 e. The summed E-state index contributed by atoms with van der Waals surface area (Å²) in [5.41, 5.74) is 0.358. The highest BCUT2D eigenvalue weighted by molar-refractivity contribution is 8.00. The maximum atomic E-state index is 11.0. The predicted molar refractivity (Wildman–Crippen MR) is 46.7 cm³/mol. The van der Waals surface area contributed by atoms with Crippen LogP contribution in [0, 0.1) is 0 Å². The molecular weight excluding hydrogens is 198 g/mol. The van der Waals surface area contributed by atoms with Crippen LogP contribution in [0.4, 0.5) is 0 Å². The minimum atomic E-state index is -0.534. The first-order valence-electron chi connectivity index (χ1n) is 3.54. The minimum absolute atomic E-state index is 0.00699. The zero-order valence-corrected chi connectivity index (χ0v) is 7.69. The fourth-order valence-corrected chi connectivity index (χ4v) is 2.61. The molecule has 5 heteroatoms. The molecular formula is C7H6ClNO2S. The van der Waals surface area contributed by atoms with Gasteiger partial charge in [0.1, 0.15) is 5.70 Å². The highest BCUT2D eigenvalue weighted by Crippen LogP contribution is 2.37. The summed E-state index contributed by atoms with van der Waals surface area (Å²) >= 11 is 6.96. The topological polar surface area (TPSA) is 37.4 Å². The van der Waals surface area contributed by atoms with Crippen molar-refractivity contribution in [3.8, 4) is 0 Å². The average molecular weight is 204 g/mol. The Balaban J connectivity index is 2.26. The molecule has 1 amide bonds. The SMILES string of the molecule is O=C(Cl)C1=CCSC2CC(=O)N12. The summed E-state index contributed by atoms with van der Waals surface area (Å²) in [5, 5.41) is -0.381. The summed E-state index contributed by atoms with van der Waals surface area (Å²) in [5.74, 6) is 0.759. The van der Waals surface area contributed by atoms with E-state index in [9.17, 15) is 9.59 Å². The number of hydrogen-bond acceptors (Lipinski definition) is 3.